The van der Waals surface area contributed by atoms with Crippen LogP contribution < -0.4 is 4.74 Å². The maximum Gasteiger partial charge on any atom is 0.134 e. The Bertz CT molecular complexity index is 1060. The van der Waals surface area contributed by atoms with Crippen LogP contribution in [-0.2, 0) is 13.1 Å². The summed E-state index contributed by atoms with van der Waals surface area (Å²) in [6.07, 6.45) is 1.12. The van der Waals surface area contributed by atoms with E-state index < -0.39 is 0 Å². The van der Waals surface area contributed by atoms with Crippen LogP contribution >= 0.6 is 11.6 Å². The van der Waals surface area contributed by atoms with E-state index in [1.165, 1.54) is 5.56 Å². The summed E-state index contributed by atoms with van der Waals surface area (Å²) in [6, 6.07) is 18.1. The lowest BCUT2D eigenvalue weighted by Crippen LogP contribution is -2.30. The van der Waals surface area contributed by atoms with E-state index in [0.717, 1.165) is 67.9 Å². The third kappa shape index (κ3) is 4.91. The van der Waals surface area contributed by atoms with Gasteiger partial charge in [-0.25, -0.2) is 4.98 Å². The van der Waals surface area contributed by atoms with E-state index in [1.54, 1.807) is 7.11 Å². The fourth-order valence-electron chi connectivity index (χ4n) is 3.93. The Morgan fingerprint density at radius 3 is 2.43 bits per heavy atom. The first kappa shape index (κ1) is 20.6. The summed E-state index contributed by atoms with van der Waals surface area (Å²) in [5, 5.41) is 10.6. The molecule has 0 unspecified atom stereocenters. The number of methoxy groups -OCH3 is 1. The Balaban J connectivity index is 1.39. The van der Waals surface area contributed by atoms with Crippen molar-refractivity contribution < 1.29 is 4.74 Å². The number of nitriles is 1. The van der Waals surface area contributed by atoms with Crippen molar-refractivity contribution in [3.8, 4) is 11.8 Å². The molecule has 0 amide bonds. The number of ether oxygens (including phenoxy) is 1. The average molecular weight is 421 g/mol. The van der Waals surface area contributed by atoms with Gasteiger partial charge in [0.05, 0.1) is 24.3 Å². The second-order valence-corrected chi connectivity index (χ2v) is 8.07. The van der Waals surface area contributed by atoms with Gasteiger partial charge in [0.15, 0.2) is 0 Å². The molecule has 0 aliphatic carbocycles. The van der Waals surface area contributed by atoms with Crippen molar-refractivity contribution in [1.82, 2.24) is 14.8 Å². The van der Waals surface area contributed by atoms with Gasteiger partial charge in [-0.3, -0.25) is 9.80 Å². The monoisotopic (exact) mass is 420 g/mol. The lowest BCUT2D eigenvalue weighted by molar-refractivity contribution is 0.247. The second kappa shape index (κ2) is 9.44. The number of hydrogen-bond donors (Lipinski definition) is 0. The van der Waals surface area contributed by atoms with Gasteiger partial charge in [-0.1, -0.05) is 23.7 Å². The predicted octanol–water partition coefficient (Wildman–Crippen LogP) is 4.48. The summed E-state index contributed by atoms with van der Waals surface area (Å²) in [4.78, 5) is 9.52. The zero-order valence-corrected chi connectivity index (χ0v) is 17.9. The molecule has 1 aliphatic rings. The van der Waals surface area contributed by atoms with E-state index in [0.29, 0.717) is 10.7 Å². The zero-order valence-electron chi connectivity index (χ0n) is 17.1. The average Bonchev–Trinajstić information content (AvgIpc) is 2.99. The third-order valence-electron chi connectivity index (χ3n) is 5.62. The van der Waals surface area contributed by atoms with Crippen LogP contribution in [0.5, 0.6) is 5.75 Å². The Morgan fingerprint density at radius 2 is 1.73 bits per heavy atom. The van der Waals surface area contributed by atoms with Crippen molar-refractivity contribution in [3.05, 3.63) is 70.4 Å². The molecule has 0 spiro atoms. The quantitative estimate of drug-likeness (QED) is 0.570. The first-order chi connectivity index (χ1) is 14.6. The molecule has 1 fully saturated rings. The van der Waals surface area contributed by atoms with Crippen molar-refractivity contribution in [2.24, 2.45) is 0 Å². The van der Waals surface area contributed by atoms with Crippen LogP contribution in [0.1, 0.15) is 23.1 Å². The Hall–Kier alpha value is -2.65. The first-order valence-corrected chi connectivity index (χ1v) is 10.6. The van der Waals surface area contributed by atoms with E-state index in [2.05, 4.69) is 39.1 Å². The van der Waals surface area contributed by atoms with E-state index in [1.807, 2.05) is 30.3 Å². The molecule has 0 radical (unpaired) electrons. The van der Waals surface area contributed by atoms with Crippen molar-refractivity contribution in [3.63, 3.8) is 0 Å². The van der Waals surface area contributed by atoms with Crippen molar-refractivity contribution in [2.45, 2.75) is 19.5 Å². The highest BCUT2D eigenvalue weighted by Crippen LogP contribution is 2.25. The fourth-order valence-corrected chi connectivity index (χ4v) is 4.13. The minimum Gasteiger partial charge on any atom is -0.497 e. The van der Waals surface area contributed by atoms with Gasteiger partial charge in [0.25, 0.3) is 0 Å². The highest BCUT2D eigenvalue weighted by Gasteiger charge is 2.17. The number of benzene rings is 2. The van der Waals surface area contributed by atoms with Crippen LogP contribution in [0.3, 0.4) is 0 Å². The third-order valence-corrected chi connectivity index (χ3v) is 5.94. The van der Waals surface area contributed by atoms with Gasteiger partial charge in [0, 0.05) is 43.2 Å². The number of pyridine rings is 1. The molecule has 4 rings (SSSR count). The maximum absolute atomic E-state index is 8.95. The molecule has 6 heteroatoms. The van der Waals surface area contributed by atoms with E-state index >= 15 is 0 Å². The highest BCUT2D eigenvalue weighted by atomic mass is 35.5. The van der Waals surface area contributed by atoms with Crippen LogP contribution in [0, 0.1) is 11.3 Å². The van der Waals surface area contributed by atoms with Gasteiger partial charge in [-0.15, -0.1) is 0 Å². The molecular weight excluding hydrogens is 396 g/mol. The number of hydrogen-bond acceptors (Lipinski definition) is 5. The number of nitrogens with zero attached hydrogens (tertiary/aromatic N) is 4. The SMILES string of the molecule is COc1ccc2cc(CN3CCCN(Cc4ccc(C#N)cc4)CC3)c(Cl)nc2c1. The molecule has 1 aromatic heterocycles. The molecule has 5 nitrogen and oxygen atoms in total. The lowest BCUT2D eigenvalue weighted by atomic mass is 10.1. The molecule has 0 atom stereocenters. The minimum absolute atomic E-state index is 0.564. The summed E-state index contributed by atoms with van der Waals surface area (Å²) in [7, 11) is 1.65. The molecule has 2 heterocycles. The van der Waals surface area contributed by atoms with Crippen LogP contribution in [-0.4, -0.2) is 48.1 Å². The van der Waals surface area contributed by atoms with Gasteiger partial charge in [-0.2, -0.15) is 5.26 Å². The summed E-state index contributed by atoms with van der Waals surface area (Å²) in [5.74, 6) is 0.786. The number of rotatable bonds is 5. The molecule has 1 saturated heterocycles. The fraction of sp³-hybridized carbons (Fsp3) is 0.333. The minimum atomic E-state index is 0.564. The van der Waals surface area contributed by atoms with Gasteiger partial charge in [-0.05, 0) is 55.4 Å². The number of aromatic nitrogens is 1. The Kier molecular flexibility index (Phi) is 6.49. The van der Waals surface area contributed by atoms with Crippen LogP contribution in [0.15, 0.2) is 48.5 Å². The largest absolute Gasteiger partial charge is 0.497 e. The summed E-state index contributed by atoms with van der Waals surface area (Å²) in [5.41, 5.74) is 3.88. The number of halogens is 1. The Labute approximate surface area is 182 Å². The summed E-state index contributed by atoms with van der Waals surface area (Å²) >= 11 is 6.51. The lowest BCUT2D eigenvalue weighted by Gasteiger charge is -2.22. The van der Waals surface area contributed by atoms with Gasteiger partial charge >= 0.3 is 0 Å². The molecule has 154 valence electrons. The molecule has 0 bridgehead atoms. The van der Waals surface area contributed by atoms with Crippen LogP contribution in [0.25, 0.3) is 10.9 Å². The van der Waals surface area contributed by atoms with Gasteiger partial charge in [0.2, 0.25) is 0 Å². The molecule has 1 aliphatic heterocycles. The summed E-state index contributed by atoms with van der Waals surface area (Å²) < 4.78 is 5.28. The van der Waals surface area contributed by atoms with Crippen molar-refractivity contribution in [2.75, 3.05) is 33.3 Å². The molecular formula is C24H25ClN4O. The second-order valence-electron chi connectivity index (χ2n) is 7.71. The molecule has 0 saturated carbocycles. The standard InChI is InChI=1S/C24H25ClN4O/c1-30-22-8-7-20-13-21(24(25)27-23(20)14-22)17-29-10-2-9-28(11-12-29)16-19-5-3-18(15-26)4-6-19/h3-8,13-14H,2,9-12,16-17H2,1H3. The molecule has 0 N–H and O–H groups in total. The van der Waals surface area contributed by atoms with Gasteiger partial charge < -0.3 is 4.74 Å². The highest BCUT2D eigenvalue weighted by molar-refractivity contribution is 6.30. The van der Waals surface area contributed by atoms with E-state index in [9.17, 15) is 0 Å². The van der Waals surface area contributed by atoms with Crippen molar-refractivity contribution >= 4 is 22.5 Å². The molecule has 2 aromatic carbocycles. The van der Waals surface area contributed by atoms with Crippen molar-refractivity contribution in [1.29, 1.82) is 5.26 Å². The van der Waals surface area contributed by atoms with Gasteiger partial charge in [0.1, 0.15) is 10.9 Å². The maximum atomic E-state index is 8.95. The first-order valence-electron chi connectivity index (χ1n) is 10.2. The van der Waals surface area contributed by atoms with E-state index in [4.69, 9.17) is 21.6 Å². The Morgan fingerprint density at radius 1 is 1.00 bits per heavy atom. The normalized spacial score (nSPS) is 15.6. The molecule has 30 heavy (non-hydrogen) atoms. The van der Waals surface area contributed by atoms with E-state index in [-0.39, 0.29) is 0 Å². The zero-order chi connectivity index (χ0) is 20.9. The molecule has 3 aromatic rings. The predicted molar refractivity (Wildman–Crippen MR) is 120 cm³/mol. The van der Waals surface area contributed by atoms with Crippen LogP contribution in [0.2, 0.25) is 5.15 Å². The summed E-state index contributed by atoms with van der Waals surface area (Å²) in [6.45, 7) is 5.84. The number of fused-ring (bicyclic) bond motifs is 1. The topological polar surface area (TPSA) is 52.4 Å². The van der Waals surface area contributed by atoms with Crippen LogP contribution in [0.4, 0.5) is 0 Å². The smallest absolute Gasteiger partial charge is 0.134 e.